The Bertz CT molecular complexity index is 460. The summed E-state index contributed by atoms with van der Waals surface area (Å²) in [6, 6.07) is 6.56. The van der Waals surface area contributed by atoms with Gasteiger partial charge in [0.1, 0.15) is 0 Å². The Kier molecular flexibility index (Phi) is 5.47. The maximum Gasteiger partial charge on any atom is 0.250 e. The fourth-order valence-corrected chi connectivity index (χ4v) is 1.76. The van der Waals surface area contributed by atoms with Crippen LogP contribution in [0.15, 0.2) is 24.3 Å². The van der Waals surface area contributed by atoms with Crippen LogP contribution in [0.2, 0.25) is 0 Å². The number of nitrogens with two attached hydrogens (primary N) is 1. The minimum Gasteiger partial charge on any atom is -0.392 e. The Hall–Kier alpha value is -1.92. The highest BCUT2D eigenvalue weighted by Gasteiger charge is 2.12. The van der Waals surface area contributed by atoms with E-state index >= 15 is 0 Å². The van der Waals surface area contributed by atoms with E-state index in [1.165, 1.54) is 0 Å². The van der Waals surface area contributed by atoms with E-state index in [9.17, 15) is 14.7 Å². The van der Waals surface area contributed by atoms with Gasteiger partial charge in [0.15, 0.2) is 0 Å². The molecule has 1 atom stereocenters. The zero-order chi connectivity index (χ0) is 14.4. The van der Waals surface area contributed by atoms with Crippen LogP contribution in [0.5, 0.6) is 0 Å². The minimum atomic E-state index is -0.590. The van der Waals surface area contributed by atoms with Crippen molar-refractivity contribution in [3.8, 4) is 0 Å². The Morgan fingerprint density at radius 1 is 1.42 bits per heavy atom. The molecule has 0 fully saturated rings. The van der Waals surface area contributed by atoms with Crippen LogP contribution >= 0.6 is 0 Å². The molecule has 1 rings (SSSR count). The maximum atomic E-state index is 11.8. The predicted molar refractivity (Wildman–Crippen MR) is 72.8 cm³/mol. The zero-order valence-corrected chi connectivity index (χ0v) is 11.1. The molecule has 6 heteroatoms. The number of benzene rings is 1. The molecule has 0 bridgehead atoms. The number of primary amides is 1. The molecule has 0 heterocycles. The van der Waals surface area contributed by atoms with Crippen molar-refractivity contribution in [2.45, 2.75) is 13.0 Å². The van der Waals surface area contributed by atoms with Gasteiger partial charge in [0, 0.05) is 6.54 Å². The molecule has 0 aromatic heterocycles. The minimum absolute atomic E-state index is 0.123. The van der Waals surface area contributed by atoms with Crippen LogP contribution in [0, 0.1) is 0 Å². The number of nitrogens with one attached hydrogen (secondary N) is 1. The number of aliphatic hydroxyl groups excluding tert-OH is 1. The second-order valence-electron chi connectivity index (χ2n) is 4.50. The molecule has 0 aliphatic rings. The lowest BCUT2D eigenvalue weighted by Gasteiger charge is -2.18. The number of hydrogen-bond donors (Lipinski definition) is 3. The Balaban J connectivity index is 2.65. The highest BCUT2D eigenvalue weighted by atomic mass is 16.3. The Labute approximate surface area is 112 Å². The zero-order valence-electron chi connectivity index (χ0n) is 11.1. The molecule has 0 saturated heterocycles. The van der Waals surface area contributed by atoms with Crippen molar-refractivity contribution < 1.29 is 14.7 Å². The SMILES string of the molecule is CC(O)CN(C)CC(=O)Nc1ccccc1C(N)=O. The number of carbonyl (C=O) groups excluding carboxylic acids is 2. The lowest BCUT2D eigenvalue weighted by molar-refractivity contribution is -0.117. The summed E-state index contributed by atoms with van der Waals surface area (Å²) >= 11 is 0. The van der Waals surface area contributed by atoms with E-state index in [2.05, 4.69) is 5.32 Å². The van der Waals surface area contributed by atoms with Gasteiger partial charge >= 0.3 is 0 Å². The van der Waals surface area contributed by atoms with E-state index in [4.69, 9.17) is 5.73 Å². The number of carbonyl (C=O) groups is 2. The first kappa shape index (κ1) is 15.1. The molecule has 0 saturated carbocycles. The first-order valence-corrected chi connectivity index (χ1v) is 5.95. The van der Waals surface area contributed by atoms with E-state index in [1.54, 1.807) is 43.1 Å². The van der Waals surface area contributed by atoms with Gasteiger partial charge < -0.3 is 16.2 Å². The van der Waals surface area contributed by atoms with Gasteiger partial charge in [-0.1, -0.05) is 12.1 Å². The van der Waals surface area contributed by atoms with E-state index in [0.29, 0.717) is 12.2 Å². The first-order chi connectivity index (χ1) is 8.90. The third-order valence-electron chi connectivity index (χ3n) is 2.46. The summed E-state index contributed by atoms with van der Waals surface area (Å²) < 4.78 is 0. The van der Waals surface area contributed by atoms with Gasteiger partial charge in [-0.15, -0.1) is 0 Å². The van der Waals surface area contributed by atoms with Crippen molar-refractivity contribution >= 4 is 17.5 Å². The molecule has 6 nitrogen and oxygen atoms in total. The molecule has 0 radical (unpaired) electrons. The summed E-state index contributed by atoms with van der Waals surface area (Å²) in [5.74, 6) is -0.856. The van der Waals surface area contributed by atoms with E-state index in [-0.39, 0.29) is 18.0 Å². The number of para-hydroxylation sites is 1. The Morgan fingerprint density at radius 2 is 2.05 bits per heavy atom. The largest absolute Gasteiger partial charge is 0.392 e. The molecule has 1 aromatic rings. The standard InChI is InChI=1S/C13H19N3O3/c1-9(17)7-16(2)8-12(18)15-11-6-4-3-5-10(11)13(14)19/h3-6,9,17H,7-8H2,1-2H3,(H2,14,19)(H,15,18). The van der Waals surface area contributed by atoms with Crippen molar-refractivity contribution in [2.24, 2.45) is 5.73 Å². The second-order valence-corrected chi connectivity index (χ2v) is 4.50. The van der Waals surface area contributed by atoms with Crippen molar-refractivity contribution in [1.29, 1.82) is 0 Å². The van der Waals surface area contributed by atoms with Crippen LogP contribution in [-0.4, -0.2) is 48.1 Å². The van der Waals surface area contributed by atoms with Crippen molar-refractivity contribution in [2.75, 3.05) is 25.5 Å². The molecule has 1 unspecified atom stereocenters. The molecule has 4 N–H and O–H groups in total. The third-order valence-corrected chi connectivity index (χ3v) is 2.46. The second kappa shape index (κ2) is 6.86. The summed E-state index contributed by atoms with van der Waals surface area (Å²) in [4.78, 5) is 24.7. The van der Waals surface area contributed by atoms with E-state index < -0.39 is 12.0 Å². The molecule has 19 heavy (non-hydrogen) atoms. The molecule has 0 spiro atoms. The normalized spacial score (nSPS) is 12.2. The first-order valence-electron chi connectivity index (χ1n) is 5.95. The fraction of sp³-hybridized carbons (Fsp3) is 0.385. The van der Waals surface area contributed by atoms with Gasteiger partial charge in [0.05, 0.1) is 23.9 Å². The summed E-state index contributed by atoms with van der Waals surface area (Å²) in [7, 11) is 1.73. The average molecular weight is 265 g/mol. The molecular formula is C13H19N3O3. The molecule has 0 aliphatic heterocycles. The third kappa shape index (κ3) is 5.07. The van der Waals surface area contributed by atoms with Crippen LogP contribution < -0.4 is 11.1 Å². The molecule has 2 amide bonds. The van der Waals surface area contributed by atoms with Crippen molar-refractivity contribution in [1.82, 2.24) is 4.90 Å². The lowest BCUT2D eigenvalue weighted by atomic mass is 10.1. The Morgan fingerprint density at radius 3 is 2.63 bits per heavy atom. The van der Waals surface area contributed by atoms with Gasteiger partial charge in [-0.3, -0.25) is 14.5 Å². The van der Waals surface area contributed by atoms with Crippen LogP contribution in [0.25, 0.3) is 0 Å². The predicted octanol–water partition coefficient (Wildman–Crippen LogP) is 0.0366. The van der Waals surface area contributed by atoms with Crippen LogP contribution in [0.3, 0.4) is 0 Å². The summed E-state index contributed by atoms with van der Waals surface area (Å²) in [5.41, 5.74) is 5.89. The highest BCUT2D eigenvalue weighted by molar-refractivity contribution is 6.03. The number of hydrogen-bond acceptors (Lipinski definition) is 4. The van der Waals surface area contributed by atoms with Gasteiger partial charge in [0.2, 0.25) is 5.91 Å². The number of likely N-dealkylation sites (N-methyl/N-ethyl adjacent to an activating group) is 1. The number of aliphatic hydroxyl groups is 1. The van der Waals surface area contributed by atoms with Crippen LogP contribution in [0.1, 0.15) is 17.3 Å². The summed E-state index contributed by atoms with van der Waals surface area (Å²) in [6.07, 6.45) is -0.504. The molecule has 104 valence electrons. The quantitative estimate of drug-likeness (QED) is 0.676. The highest BCUT2D eigenvalue weighted by Crippen LogP contribution is 2.13. The molecular weight excluding hydrogens is 246 g/mol. The van der Waals surface area contributed by atoms with Gasteiger partial charge in [-0.2, -0.15) is 0 Å². The van der Waals surface area contributed by atoms with Crippen molar-refractivity contribution in [3.63, 3.8) is 0 Å². The maximum absolute atomic E-state index is 11.8. The topological polar surface area (TPSA) is 95.7 Å². The number of anilines is 1. The molecule has 0 aliphatic carbocycles. The van der Waals surface area contributed by atoms with E-state index in [1.807, 2.05) is 0 Å². The smallest absolute Gasteiger partial charge is 0.250 e. The molecule has 1 aromatic carbocycles. The van der Waals surface area contributed by atoms with Gasteiger partial charge in [-0.25, -0.2) is 0 Å². The fourth-order valence-electron chi connectivity index (χ4n) is 1.76. The van der Waals surface area contributed by atoms with Crippen LogP contribution in [-0.2, 0) is 4.79 Å². The monoisotopic (exact) mass is 265 g/mol. The van der Waals surface area contributed by atoms with Crippen molar-refractivity contribution in [3.05, 3.63) is 29.8 Å². The van der Waals surface area contributed by atoms with Gasteiger partial charge in [0.25, 0.3) is 5.91 Å². The summed E-state index contributed by atoms with van der Waals surface area (Å²) in [6.45, 7) is 2.17. The average Bonchev–Trinajstić information content (AvgIpc) is 2.27. The van der Waals surface area contributed by atoms with Gasteiger partial charge in [-0.05, 0) is 26.1 Å². The number of rotatable bonds is 6. The number of amides is 2. The summed E-state index contributed by atoms with van der Waals surface area (Å²) in [5, 5.41) is 11.8. The lowest BCUT2D eigenvalue weighted by Crippen LogP contribution is -2.35. The number of nitrogens with zero attached hydrogens (tertiary/aromatic N) is 1. The van der Waals surface area contributed by atoms with Crippen LogP contribution in [0.4, 0.5) is 5.69 Å². The van der Waals surface area contributed by atoms with E-state index in [0.717, 1.165) is 0 Å².